The van der Waals surface area contributed by atoms with E-state index in [1.165, 1.54) is 0 Å². The monoisotopic (exact) mass is 357 g/mol. The predicted octanol–water partition coefficient (Wildman–Crippen LogP) is 3.35. The van der Waals surface area contributed by atoms with Gasteiger partial charge in [0.1, 0.15) is 5.82 Å². The summed E-state index contributed by atoms with van der Waals surface area (Å²) in [5, 5.41) is 16.0. The Labute approximate surface area is 154 Å². The fourth-order valence-electron chi connectivity index (χ4n) is 2.72. The van der Waals surface area contributed by atoms with E-state index in [9.17, 15) is 4.79 Å². The van der Waals surface area contributed by atoms with Crippen molar-refractivity contribution in [2.75, 3.05) is 5.32 Å². The Morgan fingerprint density at radius 1 is 1.19 bits per heavy atom. The van der Waals surface area contributed by atoms with E-state index < -0.39 is 0 Å². The van der Waals surface area contributed by atoms with Crippen LogP contribution in [0.2, 0.25) is 0 Å². The highest BCUT2D eigenvalue weighted by Gasteiger charge is 2.11. The molecule has 0 aliphatic carbocycles. The van der Waals surface area contributed by atoms with Gasteiger partial charge < -0.3 is 9.73 Å². The molecule has 0 saturated carbocycles. The number of aryl methyl sites for hydroxylation is 1. The molecular weight excluding hydrogens is 342 g/mol. The molecule has 7 nitrogen and oxygen atoms in total. The molecule has 0 aliphatic rings. The van der Waals surface area contributed by atoms with E-state index in [1.54, 1.807) is 47.1 Å². The van der Waals surface area contributed by atoms with Crippen LogP contribution in [0.15, 0.2) is 59.1 Å². The number of benzene rings is 2. The van der Waals surface area contributed by atoms with Gasteiger partial charge in [0.15, 0.2) is 0 Å². The van der Waals surface area contributed by atoms with Crippen LogP contribution in [-0.4, -0.2) is 20.5 Å². The Morgan fingerprint density at radius 3 is 2.59 bits per heavy atom. The second-order valence-electron chi connectivity index (χ2n) is 6.07. The van der Waals surface area contributed by atoms with Crippen LogP contribution in [0.25, 0.3) is 17.2 Å². The molecule has 0 spiro atoms. The molecule has 1 N–H and O–H groups in total. The summed E-state index contributed by atoms with van der Waals surface area (Å²) in [6.07, 6.45) is 1.87. The van der Waals surface area contributed by atoms with E-state index in [0.717, 1.165) is 17.0 Å². The van der Waals surface area contributed by atoms with Crippen LogP contribution in [0.3, 0.4) is 0 Å². The van der Waals surface area contributed by atoms with Crippen molar-refractivity contribution in [2.24, 2.45) is 0 Å². The number of rotatable bonds is 4. The van der Waals surface area contributed by atoms with Gasteiger partial charge in [-0.05, 0) is 48.9 Å². The quantitative estimate of drug-likeness (QED) is 0.604. The van der Waals surface area contributed by atoms with Crippen molar-refractivity contribution in [3.05, 3.63) is 71.7 Å². The van der Waals surface area contributed by atoms with Crippen LogP contribution >= 0.6 is 0 Å². The summed E-state index contributed by atoms with van der Waals surface area (Å²) in [5.41, 5.74) is 3.51. The van der Waals surface area contributed by atoms with Crippen molar-refractivity contribution >= 4 is 17.3 Å². The summed E-state index contributed by atoms with van der Waals surface area (Å²) >= 11 is 0. The Hall–Kier alpha value is -3.92. The molecule has 0 saturated heterocycles. The molecule has 1 amide bonds. The first-order chi connectivity index (χ1) is 13.1. The highest BCUT2D eigenvalue weighted by Crippen LogP contribution is 2.22. The number of nitrogens with one attached hydrogen (secondary N) is 1. The van der Waals surface area contributed by atoms with Gasteiger partial charge in [-0.2, -0.15) is 9.78 Å². The van der Waals surface area contributed by atoms with E-state index in [2.05, 4.69) is 21.5 Å². The molecule has 7 heteroatoms. The molecule has 4 aromatic rings. The summed E-state index contributed by atoms with van der Waals surface area (Å²) < 4.78 is 7.31. The average molecular weight is 357 g/mol. The minimum Gasteiger partial charge on any atom is -0.417 e. The van der Waals surface area contributed by atoms with Gasteiger partial charge in [-0.3, -0.25) is 4.79 Å². The lowest BCUT2D eigenvalue weighted by Gasteiger charge is -2.06. The number of fused-ring (bicyclic) bond motifs is 1. The zero-order valence-corrected chi connectivity index (χ0v) is 14.5. The van der Waals surface area contributed by atoms with Gasteiger partial charge in [0, 0.05) is 11.3 Å². The molecule has 0 bridgehead atoms. The average Bonchev–Trinajstić information content (AvgIpc) is 3.25. The predicted molar refractivity (Wildman–Crippen MR) is 98.9 cm³/mol. The number of carbonyl (C=O) groups is 1. The first kappa shape index (κ1) is 16.5. The van der Waals surface area contributed by atoms with Crippen molar-refractivity contribution in [1.29, 1.82) is 5.26 Å². The van der Waals surface area contributed by atoms with E-state index in [4.69, 9.17) is 9.68 Å². The summed E-state index contributed by atoms with van der Waals surface area (Å²) in [5.74, 6) is 1.12. The Morgan fingerprint density at radius 2 is 1.93 bits per heavy atom. The summed E-state index contributed by atoms with van der Waals surface area (Å²) in [6.45, 7) is 1.85. The number of nitriles is 1. The van der Waals surface area contributed by atoms with Gasteiger partial charge in [0.2, 0.25) is 17.5 Å². The van der Waals surface area contributed by atoms with Crippen LogP contribution < -0.4 is 5.32 Å². The van der Waals surface area contributed by atoms with E-state index in [0.29, 0.717) is 22.9 Å². The summed E-state index contributed by atoms with van der Waals surface area (Å²) in [7, 11) is 0. The lowest BCUT2D eigenvalue weighted by molar-refractivity contribution is -0.115. The number of hydrogen-bond donors (Lipinski definition) is 1. The smallest absolute Gasteiger partial charge is 0.246 e. The molecule has 0 atom stereocenters. The molecule has 0 radical (unpaired) electrons. The molecule has 4 rings (SSSR count). The number of nitrogens with zero attached hydrogens (tertiary/aromatic N) is 4. The molecular formula is C20H15N5O2. The van der Waals surface area contributed by atoms with Gasteiger partial charge in [-0.1, -0.05) is 12.1 Å². The standard InChI is InChI=1S/C20H15N5O2/c1-13-22-12-19-25(13)24-20(27-19)16-6-8-17(9-7-16)23-18(26)10-14-2-4-15(11-21)5-3-14/h2-9,12H,10H2,1H3,(H,23,26). The van der Waals surface area contributed by atoms with Crippen LogP contribution in [0.5, 0.6) is 0 Å². The number of imidazole rings is 1. The second kappa shape index (κ2) is 6.77. The van der Waals surface area contributed by atoms with Crippen LogP contribution in [0, 0.1) is 18.3 Å². The van der Waals surface area contributed by atoms with Crippen LogP contribution in [0.4, 0.5) is 5.69 Å². The first-order valence-electron chi connectivity index (χ1n) is 8.33. The molecule has 0 unspecified atom stereocenters. The zero-order chi connectivity index (χ0) is 18.8. The number of aromatic nitrogens is 3. The maximum atomic E-state index is 12.2. The van der Waals surface area contributed by atoms with Crippen molar-refractivity contribution in [3.63, 3.8) is 0 Å². The largest absolute Gasteiger partial charge is 0.417 e. The van der Waals surface area contributed by atoms with Gasteiger partial charge in [-0.15, -0.1) is 5.10 Å². The van der Waals surface area contributed by atoms with Gasteiger partial charge in [-0.25, -0.2) is 4.98 Å². The van der Waals surface area contributed by atoms with Crippen molar-refractivity contribution in [2.45, 2.75) is 13.3 Å². The van der Waals surface area contributed by atoms with E-state index in [1.807, 2.05) is 19.1 Å². The first-order valence-corrected chi connectivity index (χ1v) is 8.33. The Bertz CT molecular complexity index is 1150. The lowest BCUT2D eigenvalue weighted by Crippen LogP contribution is -2.14. The fraction of sp³-hybridized carbons (Fsp3) is 0.100. The minimum atomic E-state index is -0.125. The molecule has 132 valence electrons. The van der Waals surface area contributed by atoms with Gasteiger partial charge in [0.25, 0.3) is 0 Å². The summed E-state index contributed by atoms with van der Waals surface area (Å²) in [4.78, 5) is 16.3. The summed E-state index contributed by atoms with van der Waals surface area (Å²) in [6, 6.07) is 16.3. The number of anilines is 1. The van der Waals surface area contributed by atoms with Gasteiger partial charge in [0.05, 0.1) is 24.3 Å². The molecule has 0 fully saturated rings. The van der Waals surface area contributed by atoms with Crippen molar-refractivity contribution in [1.82, 2.24) is 14.6 Å². The maximum Gasteiger partial charge on any atom is 0.246 e. The van der Waals surface area contributed by atoms with E-state index >= 15 is 0 Å². The molecule has 2 aromatic heterocycles. The maximum absolute atomic E-state index is 12.2. The fourth-order valence-corrected chi connectivity index (χ4v) is 2.72. The molecule has 27 heavy (non-hydrogen) atoms. The third-order valence-corrected chi connectivity index (χ3v) is 4.13. The van der Waals surface area contributed by atoms with Gasteiger partial charge >= 0.3 is 0 Å². The third kappa shape index (κ3) is 3.41. The normalized spacial score (nSPS) is 10.7. The second-order valence-corrected chi connectivity index (χ2v) is 6.07. The van der Waals surface area contributed by atoms with Crippen molar-refractivity contribution < 1.29 is 9.21 Å². The SMILES string of the molecule is Cc1ncc2oc(-c3ccc(NC(=O)Cc4ccc(C#N)cc4)cc3)nn12. The van der Waals surface area contributed by atoms with Crippen LogP contribution in [-0.2, 0) is 11.2 Å². The van der Waals surface area contributed by atoms with Crippen LogP contribution in [0.1, 0.15) is 17.0 Å². The number of hydrogen-bond acceptors (Lipinski definition) is 5. The molecule has 2 heterocycles. The van der Waals surface area contributed by atoms with E-state index in [-0.39, 0.29) is 12.3 Å². The Kier molecular flexibility index (Phi) is 4.15. The number of carbonyl (C=O) groups excluding carboxylic acids is 1. The topological polar surface area (TPSA) is 96.2 Å². The highest BCUT2D eigenvalue weighted by molar-refractivity contribution is 5.92. The molecule has 0 aliphatic heterocycles. The zero-order valence-electron chi connectivity index (χ0n) is 14.5. The lowest BCUT2D eigenvalue weighted by atomic mass is 10.1. The van der Waals surface area contributed by atoms with Crippen molar-refractivity contribution in [3.8, 4) is 17.5 Å². The Balaban J connectivity index is 1.43. The number of amides is 1. The highest BCUT2D eigenvalue weighted by atomic mass is 16.4. The minimum absolute atomic E-state index is 0.125. The third-order valence-electron chi connectivity index (χ3n) is 4.13. The molecule has 2 aromatic carbocycles.